The van der Waals surface area contributed by atoms with Crippen LogP contribution in [0.15, 0.2) is 42.5 Å². The van der Waals surface area contributed by atoms with Gasteiger partial charge in [-0.2, -0.15) is 0 Å². The van der Waals surface area contributed by atoms with Crippen LogP contribution in [0.3, 0.4) is 0 Å². The molecule has 1 heterocycles. The van der Waals surface area contributed by atoms with Crippen molar-refractivity contribution < 1.29 is 14.5 Å². The van der Waals surface area contributed by atoms with Gasteiger partial charge in [0.25, 0.3) is 17.5 Å². The predicted molar refractivity (Wildman–Crippen MR) is 75.4 cm³/mol. The fourth-order valence-corrected chi connectivity index (χ4v) is 2.38. The Labute approximate surface area is 119 Å². The predicted octanol–water partition coefficient (Wildman–Crippen LogP) is 2.70. The lowest BCUT2D eigenvalue weighted by Gasteiger charge is -2.14. The molecule has 0 radical (unpaired) electrons. The van der Waals surface area contributed by atoms with Crippen LogP contribution in [-0.4, -0.2) is 16.7 Å². The number of imide groups is 1. The lowest BCUT2D eigenvalue weighted by Crippen LogP contribution is -2.30. The molecule has 2 amide bonds. The maximum atomic E-state index is 12.3. The molecule has 0 N–H and O–H groups in total. The van der Waals surface area contributed by atoms with Gasteiger partial charge in [0.05, 0.1) is 16.1 Å². The molecule has 6 heteroatoms. The zero-order chi connectivity index (χ0) is 15.1. The first-order chi connectivity index (χ1) is 10.0. The number of nitro groups is 1. The van der Waals surface area contributed by atoms with Crippen LogP contribution in [0.25, 0.3) is 0 Å². The summed E-state index contributed by atoms with van der Waals surface area (Å²) in [6, 6.07) is 10.8. The molecule has 0 saturated heterocycles. The van der Waals surface area contributed by atoms with E-state index in [-0.39, 0.29) is 22.5 Å². The molecule has 0 saturated carbocycles. The number of fused-ring (bicyclic) bond motifs is 1. The highest BCUT2D eigenvalue weighted by atomic mass is 16.6. The first kappa shape index (κ1) is 13.0. The summed E-state index contributed by atoms with van der Waals surface area (Å²) >= 11 is 0. The Morgan fingerprint density at radius 2 is 1.57 bits per heavy atom. The van der Waals surface area contributed by atoms with E-state index < -0.39 is 16.7 Å². The average Bonchev–Trinajstić information content (AvgIpc) is 2.72. The van der Waals surface area contributed by atoms with Gasteiger partial charge >= 0.3 is 0 Å². The summed E-state index contributed by atoms with van der Waals surface area (Å²) in [4.78, 5) is 36.1. The van der Waals surface area contributed by atoms with E-state index in [9.17, 15) is 19.7 Å². The minimum Gasteiger partial charge on any atom is -0.268 e. The van der Waals surface area contributed by atoms with Crippen molar-refractivity contribution in [3.05, 3.63) is 69.3 Å². The largest absolute Gasteiger partial charge is 0.293 e. The first-order valence-corrected chi connectivity index (χ1v) is 6.23. The Morgan fingerprint density at radius 3 is 2.10 bits per heavy atom. The molecule has 3 rings (SSSR count). The molecule has 104 valence electrons. The molecule has 0 fully saturated rings. The van der Waals surface area contributed by atoms with Crippen LogP contribution >= 0.6 is 0 Å². The van der Waals surface area contributed by atoms with Crippen LogP contribution < -0.4 is 4.90 Å². The quantitative estimate of drug-likeness (QED) is 0.482. The Kier molecular flexibility index (Phi) is 2.79. The van der Waals surface area contributed by atoms with Crippen LogP contribution in [0.2, 0.25) is 0 Å². The molecule has 0 aromatic heterocycles. The minimum atomic E-state index is -0.591. The highest BCUT2D eigenvalue weighted by Crippen LogP contribution is 2.35. The van der Waals surface area contributed by atoms with Crippen molar-refractivity contribution in [3.8, 4) is 0 Å². The number of rotatable bonds is 2. The second-order valence-corrected chi connectivity index (χ2v) is 4.74. The molecular formula is C15H10N2O4. The summed E-state index contributed by atoms with van der Waals surface area (Å²) in [5, 5.41) is 11.2. The Balaban J connectivity index is 2.18. The fraction of sp³-hybridized carbons (Fsp3) is 0.0667. The normalized spacial score (nSPS) is 13.5. The van der Waals surface area contributed by atoms with E-state index in [1.54, 1.807) is 25.1 Å². The zero-order valence-corrected chi connectivity index (χ0v) is 11.1. The minimum absolute atomic E-state index is 0.00296. The van der Waals surface area contributed by atoms with Crippen LogP contribution in [0.1, 0.15) is 26.3 Å². The van der Waals surface area contributed by atoms with Crippen molar-refractivity contribution in [2.75, 3.05) is 4.90 Å². The van der Waals surface area contributed by atoms with Gasteiger partial charge in [-0.15, -0.1) is 0 Å². The molecule has 1 aliphatic rings. The molecule has 0 aliphatic carbocycles. The number of hydrogen-bond donors (Lipinski definition) is 0. The number of carbonyl (C=O) groups is 2. The third-order valence-electron chi connectivity index (χ3n) is 3.36. The maximum absolute atomic E-state index is 12.3. The first-order valence-electron chi connectivity index (χ1n) is 6.23. The molecule has 6 nitrogen and oxygen atoms in total. The molecule has 2 aromatic rings. The summed E-state index contributed by atoms with van der Waals surface area (Å²) in [7, 11) is 0. The second kappa shape index (κ2) is 4.52. The number of benzene rings is 2. The molecule has 2 aromatic carbocycles. The standard InChI is InChI=1S/C15H10N2O4/c1-9-6-7-12(13(8-9)17(20)21)16-14(18)10-4-2-3-5-11(10)15(16)19/h2-8H,1H3. The fourth-order valence-electron chi connectivity index (χ4n) is 2.38. The van der Waals surface area contributed by atoms with Crippen LogP contribution in [0.4, 0.5) is 11.4 Å². The third-order valence-corrected chi connectivity index (χ3v) is 3.36. The van der Waals surface area contributed by atoms with Crippen molar-refractivity contribution in [1.82, 2.24) is 0 Å². The maximum Gasteiger partial charge on any atom is 0.293 e. The van der Waals surface area contributed by atoms with E-state index >= 15 is 0 Å². The molecular weight excluding hydrogens is 272 g/mol. The highest BCUT2D eigenvalue weighted by molar-refractivity contribution is 6.35. The SMILES string of the molecule is Cc1ccc(N2C(=O)c3ccccc3C2=O)c([N+](=O)[O-])c1. The lowest BCUT2D eigenvalue weighted by molar-refractivity contribution is -0.384. The van der Waals surface area contributed by atoms with Gasteiger partial charge in [-0.05, 0) is 30.7 Å². The van der Waals surface area contributed by atoms with Crippen LogP contribution in [0, 0.1) is 17.0 Å². The van der Waals surface area contributed by atoms with E-state index in [2.05, 4.69) is 0 Å². The smallest absolute Gasteiger partial charge is 0.268 e. The molecule has 0 spiro atoms. The summed E-state index contributed by atoms with van der Waals surface area (Å²) in [6.07, 6.45) is 0. The number of nitrogens with zero attached hydrogens (tertiary/aromatic N) is 2. The van der Waals surface area contributed by atoms with Gasteiger partial charge in [0.15, 0.2) is 0 Å². The van der Waals surface area contributed by atoms with Gasteiger partial charge < -0.3 is 0 Å². The zero-order valence-electron chi connectivity index (χ0n) is 11.1. The van der Waals surface area contributed by atoms with E-state index in [1.807, 2.05) is 0 Å². The van der Waals surface area contributed by atoms with Gasteiger partial charge in [0, 0.05) is 6.07 Å². The van der Waals surface area contributed by atoms with Crippen LogP contribution in [0.5, 0.6) is 0 Å². The Morgan fingerprint density at radius 1 is 1.00 bits per heavy atom. The molecule has 0 bridgehead atoms. The lowest BCUT2D eigenvalue weighted by atomic mass is 10.1. The number of amides is 2. The van der Waals surface area contributed by atoms with Crippen LogP contribution in [-0.2, 0) is 0 Å². The van der Waals surface area contributed by atoms with Gasteiger partial charge in [-0.25, -0.2) is 4.90 Å². The monoisotopic (exact) mass is 282 g/mol. The Hall–Kier alpha value is -3.02. The van der Waals surface area contributed by atoms with Crippen molar-refractivity contribution >= 4 is 23.2 Å². The number of hydrogen-bond acceptors (Lipinski definition) is 4. The molecule has 1 aliphatic heterocycles. The van der Waals surface area contributed by atoms with Gasteiger partial charge in [0.1, 0.15) is 5.69 Å². The summed E-state index contributed by atoms with van der Waals surface area (Å²) < 4.78 is 0. The van der Waals surface area contributed by atoms with Crippen molar-refractivity contribution in [2.24, 2.45) is 0 Å². The summed E-state index contributed by atoms with van der Waals surface area (Å²) in [6.45, 7) is 1.71. The highest BCUT2D eigenvalue weighted by Gasteiger charge is 2.39. The topological polar surface area (TPSA) is 80.5 Å². The summed E-state index contributed by atoms with van der Waals surface area (Å²) in [5.74, 6) is -1.08. The Bertz CT molecular complexity index is 763. The molecule has 0 atom stereocenters. The number of aryl methyl sites for hydroxylation is 1. The average molecular weight is 282 g/mol. The van der Waals surface area contributed by atoms with Gasteiger partial charge in [-0.1, -0.05) is 18.2 Å². The van der Waals surface area contributed by atoms with E-state index in [4.69, 9.17) is 0 Å². The van der Waals surface area contributed by atoms with E-state index in [0.717, 1.165) is 4.90 Å². The van der Waals surface area contributed by atoms with Gasteiger partial charge in [-0.3, -0.25) is 19.7 Å². The van der Waals surface area contributed by atoms with Gasteiger partial charge in [0.2, 0.25) is 0 Å². The van der Waals surface area contributed by atoms with Crippen molar-refractivity contribution in [1.29, 1.82) is 0 Å². The van der Waals surface area contributed by atoms with Crippen molar-refractivity contribution in [2.45, 2.75) is 6.92 Å². The molecule has 21 heavy (non-hydrogen) atoms. The second-order valence-electron chi connectivity index (χ2n) is 4.74. The number of carbonyl (C=O) groups excluding carboxylic acids is 2. The molecule has 0 unspecified atom stereocenters. The number of nitro benzene ring substituents is 1. The van der Waals surface area contributed by atoms with Crippen molar-refractivity contribution in [3.63, 3.8) is 0 Å². The third kappa shape index (κ3) is 1.88. The summed E-state index contributed by atoms with van der Waals surface area (Å²) in [5.41, 5.74) is 0.943. The van der Waals surface area contributed by atoms with E-state index in [0.29, 0.717) is 5.56 Å². The van der Waals surface area contributed by atoms with E-state index in [1.165, 1.54) is 24.3 Å². The number of anilines is 1.